The zero-order chi connectivity index (χ0) is 15.0. The normalized spacial score (nSPS) is 12.5. The highest BCUT2D eigenvalue weighted by atomic mass is 32.1. The van der Waals surface area contributed by atoms with E-state index in [1.165, 1.54) is 11.3 Å². The van der Waals surface area contributed by atoms with Gasteiger partial charge in [-0.15, -0.1) is 11.3 Å². The molecule has 0 saturated carbocycles. The van der Waals surface area contributed by atoms with Crippen molar-refractivity contribution >= 4 is 27.5 Å². The Bertz CT molecular complexity index is 754. The first-order valence-electron chi connectivity index (χ1n) is 6.85. The van der Waals surface area contributed by atoms with Gasteiger partial charge >= 0.3 is 0 Å². The summed E-state index contributed by atoms with van der Waals surface area (Å²) in [5.74, 6) is -0.0352. The van der Waals surface area contributed by atoms with Crippen molar-refractivity contribution in [2.45, 2.75) is 19.9 Å². The van der Waals surface area contributed by atoms with Crippen LogP contribution in [0.15, 0.2) is 36.4 Å². The molecule has 21 heavy (non-hydrogen) atoms. The van der Waals surface area contributed by atoms with E-state index in [2.05, 4.69) is 10.4 Å². The van der Waals surface area contributed by atoms with Crippen LogP contribution in [0.3, 0.4) is 0 Å². The molecule has 0 bridgehead atoms. The van der Waals surface area contributed by atoms with Gasteiger partial charge in [0.05, 0.1) is 16.6 Å². The lowest BCUT2D eigenvalue weighted by molar-refractivity contribution is 0.0944. The maximum Gasteiger partial charge on any atom is 0.261 e. The first-order valence-corrected chi connectivity index (χ1v) is 7.67. The maximum atomic E-state index is 12.4. The Balaban J connectivity index is 1.82. The van der Waals surface area contributed by atoms with Gasteiger partial charge in [0.15, 0.2) is 0 Å². The van der Waals surface area contributed by atoms with Crippen LogP contribution >= 0.6 is 11.3 Å². The molecule has 2 heterocycles. The number of thiophene rings is 1. The number of fused-ring (bicyclic) bond motifs is 1. The summed E-state index contributed by atoms with van der Waals surface area (Å²) >= 11 is 1.48. The molecule has 0 aliphatic carbocycles. The van der Waals surface area contributed by atoms with Crippen molar-refractivity contribution in [2.75, 3.05) is 0 Å². The smallest absolute Gasteiger partial charge is 0.261 e. The number of nitrogens with one attached hydrogen (secondary N) is 1. The Morgan fingerprint density at radius 3 is 2.71 bits per heavy atom. The fourth-order valence-corrected chi connectivity index (χ4v) is 3.44. The zero-order valence-electron chi connectivity index (χ0n) is 12.3. The van der Waals surface area contributed by atoms with E-state index in [1.54, 1.807) is 0 Å². The Kier molecular flexibility index (Phi) is 3.51. The zero-order valence-corrected chi connectivity index (χ0v) is 13.1. The summed E-state index contributed by atoms with van der Waals surface area (Å²) in [6.45, 7) is 3.96. The highest BCUT2D eigenvalue weighted by Gasteiger charge is 2.17. The SMILES string of the molecule is Cc1nn(C)c2sc(C(=O)N[C@@H](C)c3ccccc3)cc12. The van der Waals surface area contributed by atoms with Crippen LogP contribution in [0.1, 0.15) is 33.9 Å². The second-order valence-corrected chi connectivity index (χ2v) is 6.17. The molecule has 1 aromatic carbocycles. The Morgan fingerprint density at radius 2 is 2.05 bits per heavy atom. The highest BCUT2D eigenvalue weighted by Crippen LogP contribution is 2.28. The largest absolute Gasteiger partial charge is 0.345 e. The van der Waals surface area contributed by atoms with Gasteiger partial charge in [-0.2, -0.15) is 5.10 Å². The summed E-state index contributed by atoms with van der Waals surface area (Å²) in [5, 5.41) is 8.45. The minimum Gasteiger partial charge on any atom is -0.345 e. The van der Waals surface area contributed by atoms with Crippen molar-refractivity contribution in [3.8, 4) is 0 Å². The van der Waals surface area contributed by atoms with Crippen LogP contribution in [-0.2, 0) is 7.05 Å². The molecule has 0 radical (unpaired) electrons. The molecular formula is C16H17N3OS. The fourth-order valence-electron chi connectivity index (χ4n) is 2.41. The molecule has 1 atom stereocenters. The van der Waals surface area contributed by atoms with E-state index in [0.29, 0.717) is 0 Å². The quantitative estimate of drug-likeness (QED) is 0.805. The molecule has 3 rings (SSSR count). The van der Waals surface area contributed by atoms with Crippen LogP contribution in [0, 0.1) is 6.92 Å². The Labute approximate surface area is 127 Å². The number of amides is 1. The number of aryl methyl sites for hydroxylation is 2. The molecular weight excluding hydrogens is 282 g/mol. The van der Waals surface area contributed by atoms with Crippen molar-refractivity contribution in [2.24, 2.45) is 7.05 Å². The van der Waals surface area contributed by atoms with Crippen molar-refractivity contribution in [3.05, 3.63) is 52.5 Å². The van der Waals surface area contributed by atoms with Crippen LogP contribution in [0.2, 0.25) is 0 Å². The molecule has 0 fully saturated rings. The maximum absolute atomic E-state index is 12.4. The average molecular weight is 299 g/mol. The first kappa shape index (κ1) is 13.8. The van der Waals surface area contributed by atoms with Gasteiger partial charge in [-0.1, -0.05) is 30.3 Å². The Morgan fingerprint density at radius 1 is 1.33 bits per heavy atom. The molecule has 3 aromatic rings. The summed E-state index contributed by atoms with van der Waals surface area (Å²) in [4.78, 5) is 14.1. The van der Waals surface area contributed by atoms with E-state index < -0.39 is 0 Å². The third-order valence-electron chi connectivity index (χ3n) is 3.57. The lowest BCUT2D eigenvalue weighted by Gasteiger charge is -2.13. The molecule has 108 valence electrons. The van der Waals surface area contributed by atoms with Crippen LogP contribution in [0.25, 0.3) is 10.2 Å². The second kappa shape index (κ2) is 5.33. The van der Waals surface area contributed by atoms with Crippen molar-refractivity contribution in [1.82, 2.24) is 15.1 Å². The van der Waals surface area contributed by atoms with Gasteiger partial charge in [0.1, 0.15) is 4.83 Å². The molecule has 0 saturated heterocycles. The number of hydrogen-bond acceptors (Lipinski definition) is 3. The molecule has 1 N–H and O–H groups in total. The molecule has 0 unspecified atom stereocenters. The third kappa shape index (κ3) is 2.56. The van der Waals surface area contributed by atoms with Gasteiger partial charge in [-0.05, 0) is 25.5 Å². The topological polar surface area (TPSA) is 46.9 Å². The first-order chi connectivity index (χ1) is 10.1. The van der Waals surface area contributed by atoms with Crippen molar-refractivity contribution in [1.29, 1.82) is 0 Å². The van der Waals surface area contributed by atoms with Crippen molar-refractivity contribution in [3.63, 3.8) is 0 Å². The van der Waals surface area contributed by atoms with Gasteiger partial charge in [0.25, 0.3) is 5.91 Å². The fraction of sp³-hybridized carbons (Fsp3) is 0.250. The van der Waals surface area contributed by atoms with Gasteiger partial charge in [0, 0.05) is 12.4 Å². The summed E-state index contributed by atoms with van der Waals surface area (Å²) in [7, 11) is 1.90. The van der Waals surface area contributed by atoms with E-state index >= 15 is 0 Å². The lowest BCUT2D eigenvalue weighted by atomic mass is 10.1. The standard InChI is InChI=1S/C16H17N3OS/c1-10(12-7-5-4-6-8-12)17-15(20)14-9-13-11(2)18-19(3)16(13)21-14/h4-10H,1-3H3,(H,17,20)/t10-/m0/s1. The minimum atomic E-state index is -0.0352. The van der Waals surface area contributed by atoms with Crippen LogP contribution in [0.4, 0.5) is 0 Å². The highest BCUT2D eigenvalue weighted by molar-refractivity contribution is 7.20. The van der Waals surface area contributed by atoms with Gasteiger partial charge < -0.3 is 5.32 Å². The molecule has 2 aromatic heterocycles. The minimum absolute atomic E-state index is 0.0110. The van der Waals surface area contributed by atoms with Gasteiger partial charge in [-0.25, -0.2) is 0 Å². The predicted molar refractivity (Wildman–Crippen MR) is 85.7 cm³/mol. The van der Waals surface area contributed by atoms with E-state index in [0.717, 1.165) is 26.4 Å². The summed E-state index contributed by atoms with van der Waals surface area (Å²) in [6.07, 6.45) is 0. The molecule has 0 aliphatic rings. The van der Waals surface area contributed by atoms with E-state index in [4.69, 9.17) is 0 Å². The lowest BCUT2D eigenvalue weighted by Crippen LogP contribution is -2.25. The van der Waals surface area contributed by atoms with Crippen molar-refractivity contribution < 1.29 is 4.79 Å². The van der Waals surface area contributed by atoms with E-state index in [-0.39, 0.29) is 11.9 Å². The number of nitrogens with zero attached hydrogens (tertiary/aromatic N) is 2. The molecule has 0 aliphatic heterocycles. The number of rotatable bonds is 3. The third-order valence-corrected chi connectivity index (χ3v) is 4.77. The van der Waals surface area contributed by atoms with Gasteiger partial charge in [-0.3, -0.25) is 9.48 Å². The van der Waals surface area contributed by atoms with Crippen LogP contribution in [-0.4, -0.2) is 15.7 Å². The summed E-state index contributed by atoms with van der Waals surface area (Å²) in [5.41, 5.74) is 2.06. The number of carbonyl (C=O) groups excluding carboxylic acids is 1. The van der Waals surface area contributed by atoms with E-state index in [9.17, 15) is 4.79 Å². The second-order valence-electron chi connectivity index (χ2n) is 5.14. The number of aromatic nitrogens is 2. The summed E-state index contributed by atoms with van der Waals surface area (Å²) < 4.78 is 1.83. The molecule has 4 nitrogen and oxygen atoms in total. The predicted octanol–water partition coefficient (Wildman–Crippen LogP) is 3.43. The van der Waals surface area contributed by atoms with Crippen LogP contribution < -0.4 is 5.32 Å². The summed E-state index contributed by atoms with van der Waals surface area (Å²) in [6, 6.07) is 11.9. The molecule has 0 spiro atoms. The number of carbonyl (C=O) groups is 1. The number of benzene rings is 1. The van der Waals surface area contributed by atoms with Crippen LogP contribution in [0.5, 0.6) is 0 Å². The number of hydrogen-bond donors (Lipinski definition) is 1. The monoisotopic (exact) mass is 299 g/mol. The molecule has 1 amide bonds. The molecule has 5 heteroatoms. The average Bonchev–Trinajstić information content (AvgIpc) is 3.02. The van der Waals surface area contributed by atoms with Gasteiger partial charge in [0.2, 0.25) is 0 Å². The Hall–Kier alpha value is -2.14. The van der Waals surface area contributed by atoms with E-state index in [1.807, 2.05) is 62.0 Å².